The van der Waals surface area contributed by atoms with Gasteiger partial charge in [-0.15, -0.1) is 11.3 Å². The predicted molar refractivity (Wildman–Crippen MR) is 131 cm³/mol. The molecule has 10 heteroatoms. The molecular formula is C24H26ClN5O3S. The van der Waals surface area contributed by atoms with Gasteiger partial charge in [-0.25, -0.2) is 4.98 Å². The fourth-order valence-electron chi connectivity index (χ4n) is 4.74. The highest BCUT2D eigenvalue weighted by atomic mass is 35.5. The SMILES string of the molecule is CC(=O)N1CCc2nc(C(=O)N[C@H]3CCCC[C@H]3NC(=O)c3cc4cc(Cl)ccc4[nH]3)sc2C1. The first-order chi connectivity index (χ1) is 16.4. The Morgan fingerprint density at radius 1 is 1.12 bits per heavy atom. The van der Waals surface area contributed by atoms with Crippen LogP contribution in [0, 0.1) is 0 Å². The summed E-state index contributed by atoms with van der Waals surface area (Å²) in [7, 11) is 0. The van der Waals surface area contributed by atoms with Crippen molar-refractivity contribution in [3.05, 3.63) is 50.6 Å². The van der Waals surface area contributed by atoms with Gasteiger partial charge in [0.05, 0.1) is 12.2 Å². The third-order valence-corrected chi connectivity index (χ3v) is 7.91. The average Bonchev–Trinajstić information content (AvgIpc) is 3.43. The topological polar surface area (TPSA) is 107 Å². The molecule has 1 saturated carbocycles. The third kappa shape index (κ3) is 4.67. The van der Waals surface area contributed by atoms with E-state index in [2.05, 4.69) is 20.6 Å². The lowest BCUT2D eigenvalue weighted by atomic mass is 9.90. The van der Waals surface area contributed by atoms with Crippen LogP contribution in [0.15, 0.2) is 24.3 Å². The number of nitrogens with one attached hydrogen (secondary N) is 3. The van der Waals surface area contributed by atoms with E-state index in [0.717, 1.165) is 47.2 Å². The normalized spacial score (nSPS) is 20.1. The largest absolute Gasteiger partial charge is 0.351 e. The Hall–Kier alpha value is -2.91. The molecule has 8 nitrogen and oxygen atoms in total. The van der Waals surface area contributed by atoms with Crippen molar-refractivity contribution >= 4 is 51.6 Å². The highest BCUT2D eigenvalue weighted by Crippen LogP contribution is 2.26. The number of hydrogen-bond donors (Lipinski definition) is 3. The Bertz CT molecular complexity index is 1270. The van der Waals surface area contributed by atoms with Gasteiger partial charge in [-0.1, -0.05) is 24.4 Å². The highest BCUT2D eigenvalue weighted by molar-refractivity contribution is 7.13. The average molecular weight is 500 g/mol. The number of halogens is 1. The molecule has 2 aromatic heterocycles. The van der Waals surface area contributed by atoms with Gasteiger partial charge in [-0.3, -0.25) is 14.4 Å². The Kier molecular flexibility index (Phi) is 6.31. The Balaban J connectivity index is 1.26. The summed E-state index contributed by atoms with van der Waals surface area (Å²) < 4.78 is 0. The van der Waals surface area contributed by atoms with Gasteiger partial charge in [0.1, 0.15) is 5.69 Å². The molecular weight excluding hydrogens is 474 g/mol. The van der Waals surface area contributed by atoms with Crippen LogP contribution in [0.4, 0.5) is 0 Å². The van der Waals surface area contributed by atoms with E-state index in [1.807, 2.05) is 12.1 Å². The first-order valence-electron chi connectivity index (χ1n) is 11.5. The van der Waals surface area contributed by atoms with Crippen LogP contribution in [-0.2, 0) is 17.8 Å². The van der Waals surface area contributed by atoms with Crippen molar-refractivity contribution in [2.45, 2.75) is 57.7 Å². The molecule has 0 bridgehead atoms. The summed E-state index contributed by atoms with van der Waals surface area (Å²) in [6, 6.07) is 6.90. The van der Waals surface area contributed by atoms with Gasteiger partial charge < -0.3 is 20.5 Å². The number of carbonyl (C=O) groups is 3. The van der Waals surface area contributed by atoms with Crippen molar-refractivity contribution in [3.8, 4) is 0 Å². The molecule has 1 aliphatic carbocycles. The zero-order chi connectivity index (χ0) is 23.8. The number of amides is 3. The van der Waals surface area contributed by atoms with Gasteiger partial charge in [-0.2, -0.15) is 0 Å². The van der Waals surface area contributed by atoms with Gasteiger partial charge in [0, 0.05) is 52.8 Å². The Morgan fingerprint density at radius 3 is 2.59 bits per heavy atom. The van der Waals surface area contributed by atoms with Crippen LogP contribution in [0.3, 0.4) is 0 Å². The minimum absolute atomic E-state index is 0.0314. The predicted octanol–water partition coefficient (Wildman–Crippen LogP) is 3.65. The van der Waals surface area contributed by atoms with Gasteiger partial charge in [0.15, 0.2) is 5.01 Å². The molecule has 1 aromatic carbocycles. The molecule has 5 rings (SSSR count). The number of thiazole rings is 1. The summed E-state index contributed by atoms with van der Waals surface area (Å²) in [6.45, 7) is 2.69. The lowest BCUT2D eigenvalue weighted by molar-refractivity contribution is -0.129. The number of aromatic amines is 1. The number of H-pyrrole nitrogens is 1. The lowest BCUT2D eigenvalue weighted by Crippen LogP contribution is -2.53. The van der Waals surface area contributed by atoms with E-state index in [9.17, 15) is 14.4 Å². The van der Waals surface area contributed by atoms with Crippen molar-refractivity contribution in [1.29, 1.82) is 0 Å². The van der Waals surface area contributed by atoms with Crippen molar-refractivity contribution in [1.82, 2.24) is 25.5 Å². The molecule has 0 saturated heterocycles. The van der Waals surface area contributed by atoms with Crippen LogP contribution < -0.4 is 10.6 Å². The second kappa shape index (κ2) is 9.38. The molecule has 2 aliphatic rings. The summed E-state index contributed by atoms with van der Waals surface area (Å²) in [5, 5.41) is 8.12. The zero-order valence-electron chi connectivity index (χ0n) is 18.8. The monoisotopic (exact) mass is 499 g/mol. The fraction of sp³-hybridized carbons (Fsp3) is 0.417. The second-order valence-corrected chi connectivity index (χ2v) is 10.5. The third-order valence-electron chi connectivity index (χ3n) is 6.60. The van der Waals surface area contributed by atoms with E-state index in [-0.39, 0.29) is 29.8 Å². The van der Waals surface area contributed by atoms with E-state index in [0.29, 0.717) is 35.2 Å². The minimum atomic E-state index is -0.222. The van der Waals surface area contributed by atoms with Crippen molar-refractivity contribution < 1.29 is 14.4 Å². The quantitative estimate of drug-likeness (QED) is 0.509. The van der Waals surface area contributed by atoms with Gasteiger partial charge in [0.25, 0.3) is 11.8 Å². The zero-order valence-corrected chi connectivity index (χ0v) is 20.4. The lowest BCUT2D eigenvalue weighted by Gasteiger charge is -2.32. The van der Waals surface area contributed by atoms with Crippen LogP contribution in [0.25, 0.3) is 10.9 Å². The molecule has 0 radical (unpaired) electrons. The molecule has 1 fully saturated rings. The molecule has 3 N–H and O–H groups in total. The maximum atomic E-state index is 13.0. The van der Waals surface area contributed by atoms with Crippen LogP contribution in [0.1, 0.15) is 63.5 Å². The smallest absolute Gasteiger partial charge is 0.280 e. The first kappa shape index (κ1) is 22.9. The first-order valence-corrected chi connectivity index (χ1v) is 12.7. The summed E-state index contributed by atoms with van der Waals surface area (Å²) in [6.07, 6.45) is 4.24. The Morgan fingerprint density at radius 2 is 1.85 bits per heavy atom. The molecule has 3 aromatic rings. The van der Waals surface area contributed by atoms with Gasteiger partial charge >= 0.3 is 0 Å². The van der Waals surface area contributed by atoms with Crippen molar-refractivity contribution in [2.75, 3.05) is 6.54 Å². The van der Waals surface area contributed by atoms with Crippen LogP contribution in [0.5, 0.6) is 0 Å². The van der Waals surface area contributed by atoms with E-state index in [1.165, 1.54) is 11.3 Å². The summed E-state index contributed by atoms with van der Waals surface area (Å²) >= 11 is 7.41. The van der Waals surface area contributed by atoms with Crippen LogP contribution in [0.2, 0.25) is 5.02 Å². The highest BCUT2D eigenvalue weighted by Gasteiger charge is 2.30. The number of rotatable bonds is 4. The van der Waals surface area contributed by atoms with E-state index >= 15 is 0 Å². The number of nitrogens with zero attached hydrogens (tertiary/aromatic N) is 2. The van der Waals surface area contributed by atoms with Crippen LogP contribution >= 0.6 is 22.9 Å². The minimum Gasteiger partial charge on any atom is -0.351 e. The molecule has 0 spiro atoms. The maximum absolute atomic E-state index is 13.0. The van der Waals surface area contributed by atoms with Gasteiger partial charge in [-0.05, 0) is 37.1 Å². The standard InChI is InChI=1S/C24H26ClN5O3S/c1-13(31)30-9-8-19-21(12-30)34-24(29-19)23(33)28-18-5-3-2-4-17(18)27-22(32)20-11-14-10-15(25)6-7-16(14)26-20/h6-7,10-11,17-18,26H,2-5,8-9,12H2,1H3,(H,27,32)(H,28,33)/t17-,18+/m1/s1. The number of fused-ring (bicyclic) bond motifs is 2. The van der Waals surface area contributed by atoms with Gasteiger partial charge in [0.2, 0.25) is 5.91 Å². The number of carbonyl (C=O) groups excluding carboxylic acids is 3. The summed E-state index contributed by atoms with van der Waals surface area (Å²) in [5.41, 5.74) is 2.22. The molecule has 1 aliphatic heterocycles. The second-order valence-electron chi connectivity index (χ2n) is 8.94. The summed E-state index contributed by atoms with van der Waals surface area (Å²) in [4.78, 5) is 48.1. The van der Waals surface area contributed by atoms with Crippen molar-refractivity contribution in [2.24, 2.45) is 0 Å². The molecule has 3 amide bonds. The Labute approximate surface area is 206 Å². The van der Waals surface area contributed by atoms with E-state index in [4.69, 9.17) is 11.6 Å². The van der Waals surface area contributed by atoms with Crippen LogP contribution in [-0.4, -0.2) is 51.2 Å². The number of benzene rings is 1. The van der Waals surface area contributed by atoms with E-state index in [1.54, 1.807) is 24.0 Å². The summed E-state index contributed by atoms with van der Waals surface area (Å²) in [5.74, 6) is -0.392. The molecule has 3 heterocycles. The molecule has 0 unspecified atom stereocenters. The molecule has 34 heavy (non-hydrogen) atoms. The van der Waals surface area contributed by atoms with E-state index < -0.39 is 0 Å². The molecule has 2 atom stereocenters. The molecule has 178 valence electrons. The number of aromatic nitrogens is 2. The maximum Gasteiger partial charge on any atom is 0.280 e. The number of hydrogen-bond acceptors (Lipinski definition) is 5. The fourth-order valence-corrected chi connectivity index (χ4v) is 5.95. The van der Waals surface area contributed by atoms with Crippen molar-refractivity contribution in [3.63, 3.8) is 0 Å².